The van der Waals surface area contributed by atoms with E-state index in [1.54, 1.807) is 6.07 Å². The summed E-state index contributed by atoms with van der Waals surface area (Å²) in [5.41, 5.74) is 2.69. The number of aromatic hydroxyl groups is 1. The maximum Gasteiger partial charge on any atom is 0.115 e. The Kier molecular flexibility index (Phi) is 4.35. The quantitative estimate of drug-likeness (QED) is 0.862. The van der Waals surface area contributed by atoms with Gasteiger partial charge in [-0.25, -0.2) is 0 Å². The van der Waals surface area contributed by atoms with Crippen molar-refractivity contribution in [2.75, 3.05) is 12.0 Å². The van der Waals surface area contributed by atoms with Gasteiger partial charge in [0.15, 0.2) is 0 Å². The molecule has 0 aromatic heterocycles. The van der Waals surface area contributed by atoms with Gasteiger partial charge in [-0.1, -0.05) is 6.07 Å². The Hall–Kier alpha value is -0.670. The smallest absolute Gasteiger partial charge is 0.115 e. The van der Waals surface area contributed by atoms with Gasteiger partial charge in [0.2, 0.25) is 0 Å². The Morgan fingerprint density at radius 3 is 3.12 bits per heavy atom. The predicted molar refractivity (Wildman–Crippen MR) is 74.8 cm³/mol. The van der Waals surface area contributed by atoms with Crippen LogP contribution in [0.2, 0.25) is 0 Å². The Morgan fingerprint density at radius 2 is 2.35 bits per heavy atom. The van der Waals surface area contributed by atoms with E-state index in [2.05, 4.69) is 24.6 Å². The van der Waals surface area contributed by atoms with E-state index >= 15 is 0 Å². The normalized spacial score (nSPS) is 20.9. The summed E-state index contributed by atoms with van der Waals surface area (Å²) in [4.78, 5) is 0. The van der Waals surface area contributed by atoms with Crippen LogP contribution in [0.4, 0.5) is 0 Å². The van der Waals surface area contributed by atoms with Crippen LogP contribution in [0.25, 0.3) is 0 Å². The second-order valence-electron chi connectivity index (χ2n) is 4.85. The number of hydrogen-bond donors (Lipinski definition) is 2. The molecule has 0 bridgehead atoms. The lowest BCUT2D eigenvalue weighted by atomic mass is 9.87. The van der Waals surface area contributed by atoms with Gasteiger partial charge in [-0.05, 0) is 55.7 Å². The highest BCUT2D eigenvalue weighted by molar-refractivity contribution is 7.98. The highest BCUT2D eigenvalue weighted by Gasteiger charge is 2.21. The van der Waals surface area contributed by atoms with Gasteiger partial charge < -0.3 is 10.4 Å². The fourth-order valence-electron chi connectivity index (χ4n) is 2.62. The van der Waals surface area contributed by atoms with Crippen LogP contribution in [-0.2, 0) is 6.42 Å². The van der Waals surface area contributed by atoms with Crippen LogP contribution in [0.15, 0.2) is 18.2 Å². The standard InChI is InChI=1S/C14H21NOS/c1-10(9-17-2)15-14-5-3-4-11-8-12(16)6-7-13(11)14/h6-8,10,14-16H,3-5,9H2,1-2H3. The summed E-state index contributed by atoms with van der Waals surface area (Å²) in [5.74, 6) is 1.53. The zero-order valence-electron chi connectivity index (χ0n) is 10.6. The van der Waals surface area contributed by atoms with E-state index in [1.807, 2.05) is 17.8 Å². The average Bonchev–Trinajstić information content (AvgIpc) is 2.29. The maximum atomic E-state index is 9.52. The molecule has 17 heavy (non-hydrogen) atoms. The molecule has 2 rings (SSSR count). The molecule has 1 aliphatic rings. The summed E-state index contributed by atoms with van der Waals surface area (Å²) in [6, 6.07) is 6.80. The fourth-order valence-corrected chi connectivity index (χ4v) is 3.21. The Balaban J connectivity index is 2.11. The van der Waals surface area contributed by atoms with Gasteiger partial charge in [0.05, 0.1) is 0 Å². The van der Waals surface area contributed by atoms with Crippen LogP contribution >= 0.6 is 11.8 Å². The first kappa shape index (κ1) is 12.8. The molecule has 3 heteroatoms. The topological polar surface area (TPSA) is 32.3 Å². The molecule has 1 aliphatic carbocycles. The number of aryl methyl sites for hydroxylation is 1. The number of benzene rings is 1. The zero-order chi connectivity index (χ0) is 12.3. The molecule has 0 aliphatic heterocycles. The minimum absolute atomic E-state index is 0.390. The zero-order valence-corrected chi connectivity index (χ0v) is 11.4. The first-order valence-electron chi connectivity index (χ1n) is 6.27. The van der Waals surface area contributed by atoms with Crippen LogP contribution in [-0.4, -0.2) is 23.2 Å². The molecule has 2 nitrogen and oxygen atoms in total. The van der Waals surface area contributed by atoms with Gasteiger partial charge in [-0.3, -0.25) is 0 Å². The largest absolute Gasteiger partial charge is 0.508 e. The Labute approximate surface area is 108 Å². The third kappa shape index (κ3) is 3.17. The van der Waals surface area contributed by atoms with Gasteiger partial charge in [0, 0.05) is 17.8 Å². The average molecular weight is 251 g/mol. The highest BCUT2D eigenvalue weighted by atomic mass is 32.2. The summed E-state index contributed by atoms with van der Waals surface area (Å²) >= 11 is 1.88. The monoisotopic (exact) mass is 251 g/mol. The second-order valence-corrected chi connectivity index (χ2v) is 5.76. The van der Waals surface area contributed by atoms with Crippen LogP contribution in [0, 0.1) is 0 Å². The molecule has 94 valence electrons. The van der Waals surface area contributed by atoms with Crippen LogP contribution in [0.1, 0.15) is 36.9 Å². The number of phenols is 1. The Morgan fingerprint density at radius 1 is 1.53 bits per heavy atom. The number of nitrogens with one attached hydrogen (secondary N) is 1. The molecule has 0 fully saturated rings. The molecule has 0 spiro atoms. The number of hydrogen-bond acceptors (Lipinski definition) is 3. The number of rotatable bonds is 4. The van der Waals surface area contributed by atoms with Crippen molar-refractivity contribution in [1.82, 2.24) is 5.32 Å². The summed E-state index contributed by atoms with van der Waals surface area (Å²) in [5, 5.41) is 13.2. The molecule has 0 amide bonds. The van der Waals surface area contributed by atoms with E-state index in [1.165, 1.54) is 24.0 Å². The van der Waals surface area contributed by atoms with E-state index in [0.717, 1.165) is 12.2 Å². The van der Waals surface area contributed by atoms with Gasteiger partial charge in [0.25, 0.3) is 0 Å². The number of thioether (sulfide) groups is 1. The molecule has 0 heterocycles. The van der Waals surface area contributed by atoms with Crippen molar-refractivity contribution in [1.29, 1.82) is 0 Å². The van der Waals surface area contributed by atoms with Crippen molar-refractivity contribution in [3.63, 3.8) is 0 Å². The van der Waals surface area contributed by atoms with E-state index in [-0.39, 0.29) is 0 Å². The van der Waals surface area contributed by atoms with Gasteiger partial charge in [-0.15, -0.1) is 0 Å². The van der Waals surface area contributed by atoms with E-state index in [4.69, 9.17) is 0 Å². The molecule has 1 aromatic rings. The van der Waals surface area contributed by atoms with Crippen molar-refractivity contribution in [2.45, 2.75) is 38.3 Å². The molecular formula is C14H21NOS. The number of phenolic OH excluding ortho intramolecular Hbond substituents is 1. The van der Waals surface area contributed by atoms with Crippen molar-refractivity contribution < 1.29 is 5.11 Å². The van der Waals surface area contributed by atoms with Gasteiger partial charge in [-0.2, -0.15) is 11.8 Å². The van der Waals surface area contributed by atoms with E-state index < -0.39 is 0 Å². The lowest BCUT2D eigenvalue weighted by Crippen LogP contribution is -2.34. The maximum absolute atomic E-state index is 9.52. The van der Waals surface area contributed by atoms with Crippen molar-refractivity contribution in [2.24, 2.45) is 0 Å². The Bertz CT molecular complexity index is 380. The van der Waals surface area contributed by atoms with Crippen molar-refractivity contribution in [3.05, 3.63) is 29.3 Å². The first-order valence-corrected chi connectivity index (χ1v) is 7.67. The molecule has 2 unspecified atom stereocenters. The predicted octanol–water partition coefficient (Wildman–Crippen LogP) is 3.11. The number of fused-ring (bicyclic) bond motifs is 1. The third-order valence-electron chi connectivity index (χ3n) is 3.34. The molecule has 2 N–H and O–H groups in total. The molecule has 2 atom stereocenters. The van der Waals surface area contributed by atoms with E-state index in [0.29, 0.717) is 17.8 Å². The third-order valence-corrected chi connectivity index (χ3v) is 4.18. The van der Waals surface area contributed by atoms with Crippen LogP contribution in [0.3, 0.4) is 0 Å². The molecule has 1 aromatic carbocycles. The highest BCUT2D eigenvalue weighted by Crippen LogP contribution is 2.32. The van der Waals surface area contributed by atoms with Crippen LogP contribution < -0.4 is 5.32 Å². The molecule has 0 saturated carbocycles. The summed E-state index contributed by atoms with van der Waals surface area (Å²) < 4.78 is 0. The summed E-state index contributed by atoms with van der Waals surface area (Å²) in [7, 11) is 0. The molecule has 0 radical (unpaired) electrons. The molecule has 0 saturated heterocycles. The minimum atomic E-state index is 0.390. The summed E-state index contributed by atoms with van der Waals surface area (Å²) in [6.07, 6.45) is 5.65. The first-order chi connectivity index (χ1) is 8.20. The fraction of sp³-hybridized carbons (Fsp3) is 0.571. The lowest BCUT2D eigenvalue weighted by Gasteiger charge is -2.29. The van der Waals surface area contributed by atoms with Gasteiger partial charge in [0.1, 0.15) is 5.75 Å². The lowest BCUT2D eigenvalue weighted by molar-refractivity contribution is 0.422. The van der Waals surface area contributed by atoms with Crippen LogP contribution in [0.5, 0.6) is 5.75 Å². The SMILES string of the molecule is CSCC(C)NC1CCCc2cc(O)ccc21. The molecular weight excluding hydrogens is 230 g/mol. The summed E-state index contributed by atoms with van der Waals surface area (Å²) in [6.45, 7) is 2.24. The van der Waals surface area contributed by atoms with E-state index in [9.17, 15) is 5.11 Å². The minimum Gasteiger partial charge on any atom is -0.508 e. The van der Waals surface area contributed by atoms with Gasteiger partial charge >= 0.3 is 0 Å². The van der Waals surface area contributed by atoms with Crippen molar-refractivity contribution >= 4 is 11.8 Å². The van der Waals surface area contributed by atoms with Crippen molar-refractivity contribution in [3.8, 4) is 5.75 Å². The second kappa shape index (κ2) is 5.78.